The first-order chi connectivity index (χ1) is 27.3. The minimum atomic E-state index is -0.217. The van der Waals surface area contributed by atoms with E-state index in [-0.39, 0.29) is 10.8 Å². The molecular weight excluding hydrogens is 681 g/mol. The second kappa shape index (κ2) is 11.9. The minimum Gasteiger partial charge on any atom is -0.256 e. The van der Waals surface area contributed by atoms with Crippen LogP contribution in [-0.2, 0) is 10.8 Å². The van der Waals surface area contributed by atoms with Gasteiger partial charge in [0.1, 0.15) is 0 Å². The summed E-state index contributed by atoms with van der Waals surface area (Å²) in [5.74, 6) is 0.662. The molecule has 0 unspecified atom stereocenters. The number of aromatic nitrogens is 4. The Morgan fingerprint density at radius 2 is 1.02 bits per heavy atom. The molecule has 0 atom stereocenters. The number of nitrogens with zero attached hydrogens (tertiary/aromatic N) is 4. The average Bonchev–Trinajstić information content (AvgIpc) is 3.61. The van der Waals surface area contributed by atoms with Crippen LogP contribution in [0.3, 0.4) is 0 Å². The zero-order chi connectivity index (χ0) is 37.8. The van der Waals surface area contributed by atoms with E-state index < -0.39 is 0 Å². The van der Waals surface area contributed by atoms with Crippen molar-refractivity contribution in [3.8, 4) is 67.4 Å². The summed E-state index contributed by atoms with van der Waals surface area (Å²) in [7, 11) is 0. The smallest absolute Gasteiger partial charge is 0.160 e. The molecule has 2 aliphatic carbocycles. The standard InChI is InChI=1S/C52H38N4/c1-51(2)42-20-8-7-17-37(42)40-28-45-41(29-44(40)51)38-22-21-34(26-43(38)52(45,3)4)50-55-46(39-19-10-14-32-15-11-24-54-49(32)39)30-48(56-50)47-27-33(23-25-53-47)36-18-9-13-31-12-5-6-16-35(31)36/h5-30H,1-4H3. The highest BCUT2D eigenvalue weighted by Gasteiger charge is 2.41. The zero-order valence-electron chi connectivity index (χ0n) is 31.8. The van der Waals surface area contributed by atoms with Crippen LogP contribution in [0.15, 0.2) is 158 Å². The average molecular weight is 719 g/mol. The second-order valence-electron chi connectivity index (χ2n) is 16.3. The van der Waals surface area contributed by atoms with Crippen molar-refractivity contribution >= 4 is 21.7 Å². The first kappa shape index (κ1) is 32.6. The van der Waals surface area contributed by atoms with Crippen LogP contribution in [0, 0.1) is 0 Å². The van der Waals surface area contributed by atoms with Gasteiger partial charge in [0, 0.05) is 39.7 Å². The van der Waals surface area contributed by atoms with Crippen molar-refractivity contribution in [1.82, 2.24) is 19.9 Å². The maximum absolute atomic E-state index is 5.31. The fourth-order valence-electron chi connectivity index (χ4n) is 9.44. The van der Waals surface area contributed by atoms with Gasteiger partial charge in [-0.25, -0.2) is 9.97 Å². The van der Waals surface area contributed by atoms with Crippen molar-refractivity contribution in [3.63, 3.8) is 0 Å². The van der Waals surface area contributed by atoms with E-state index in [1.165, 1.54) is 55.3 Å². The van der Waals surface area contributed by atoms with E-state index in [2.05, 4.69) is 167 Å². The minimum absolute atomic E-state index is 0.0616. The van der Waals surface area contributed by atoms with Crippen molar-refractivity contribution in [2.24, 2.45) is 0 Å². The van der Waals surface area contributed by atoms with E-state index in [4.69, 9.17) is 19.9 Å². The van der Waals surface area contributed by atoms with Crippen LogP contribution in [0.5, 0.6) is 0 Å². The first-order valence-electron chi connectivity index (χ1n) is 19.4. The second-order valence-corrected chi connectivity index (χ2v) is 16.3. The van der Waals surface area contributed by atoms with Gasteiger partial charge in [-0.3, -0.25) is 9.97 Å². The Bertz CT molecular complexity index is 3090. The topological polar surface area (TPSA) is 51.6 Å². The van der Waals surface area contributed by atoms with Gasteiger partial charge in [-0.15, -0.1) is 0 Å². The number of hydrogen-bond acceptors (Lipinski definition) is 4. The lowest BCUT2D eigenvalue weighted by Crippen LogP contribution is -2.17. The molecule has 9 aromatic rings. The van der Waals surface area contributed by atoms with Gasteiger partial charge >= 0.3 is 0 Å². The summed E-state index contributed by atoms with van der Waals surface area (Å²) in [5, 5.41) is 3.48. The third kappa shape index (κ3) is 4.78. The lowest BCUT2D eigenvalue weighted by molar-refractivity contribution is 0.652. The molecule has 0 saturated heterocycles. The Morgan fingerprint density at radius 1 is 0.375 bits per heavy atom. The molecule has 6 aromatic carbocycles. The zero-order valence-corrected chi connectivity index (χ0v) is 31.8. The highest BCUT2D eigenvalue weighted by molar-refractivity contribution is 5.98. The van der Waals surface area contributed by atoms with Crippen molar-refractivity contribution in [2.45, 2.75) is 38.5 Å². The van der Waals surface area contributed by atoms with Gasteiger partial charge in [0.2, 0.25) is 0 Å². The van der Waals surface area contributed by atoms with Crippen molar-refractivity contribution < 1.29 is 0 Å². The molecular formula is C52H38N4. The summed E-state index contributed by atoms with van der Waals surface area (Å²) in [5.41, 5.74) is 18.0. The van der Waals surface area contributed by atoms with Crippen molar-refractivity contribution in [2.75, 3.05) is 0 Å². The maximum atomic E-state index is 5.31. The van der Waals surface area contributed by atoms with E-state index in [9.17, 15) is 0 Å². The molecule has 0 radical (unpaired) electrons. The van der Waals surface area contributed by atoms with Gasteiger partial charge in [0.15, 0.2) is 5.82 Å². The fraction of sp³-hybridized carbons (Fsp3) is 0.115. The van der Waals surface area contributed by atoms with E-state index in [0.717, 1.165) is 50.2 Å². The molecule has 3 heterocycles. The number of para-hydroxylation sites is 1. The van der Waals surface area contributed by atoms with Gasteiger partial charge in [-0.2, -0.15) is 0 Å². The quantitative estimate of drug-likeness (QED) is 0.182. The van der Waals surface area contributed by atoms with Crippen LogP contribution < -0.4 is 0 Å². The predicted molar refractivity (Wildman–Crippen MR) is 230 cm³/mol. The fourth-order valence-corrected chi connectivity index (χ4v) is 9.44. The molecule has 0 saturated carbocycles. The highest BCUT2D eigenvalue weighted by atomic mass is 14.9. The molecule has 0 aliphatic heterocycles. The molecule has 0 bridgehead atoms. The molecule has 11 rings (SSSR count). The SMILES string of the molecule is CC1(C)c2ccccc2-c2cc3c(cc21)-c1ccc(-c2nc(-c4cc(-c5cccc6ccccc56)ccn4)cc(-c4cccc5cccnc45)n2)cc1C3(C)C. The van der Waals surface area contributed by atoms with Crippen LogP contribution in [0.1, 0.15) is 49.9 Å². The van der Waals surface area contributed by atoms with E-state index >= 15 is 0 Å². The molecule has 4 heteroatoms. The molecule has 2 aliphatic rings. The predicted octanol–water partition coefficient (Wildman–Crippen LogP) is 12.9. The monoisotopic (exact) mass is 718 g/mol. The Labute approximate surface area is 326 Å². The number of hydrogen-bond donors (Lipinski definition) is 0. The lowest BCUT2D eigenvalue weighted by atomic mass is 9.79. The van der Waals surface area contributed by atoms with Gasteiger partial charge < -0.3 is 0 Å². The third-order valence-corrected chi connectivity index (χ3v) is 12.4. The molecule has 0 amide bonds. The summed E-state index contributed by atoms with van der Waals surface area (Å²) >= 11 is 0. The number of pyridine rings is 2. The Balaban J connectivity index is 1.08. The van der Waals surface area contributed by atoms with Crippen LogP contribution in [-0.4, -0.2) is 19.9 Å². The first-order valence-corrected chi connectivity index (χ1v) is 19.4. The summed E-state index contributed by atoms with van der Waals surface area (Å²) < 4.78 is 0. The van der Waals surface area contributed by atoms with E-state index in [1.807, 2.05) is 18.5 Å². The van der Waals surface area contributed by atoms with Crippen molar-refractivity contribution in [1.29, 1.82) is 0 Å². The van der Waals surface area contributed by atoms with Gasteiger partial charge in [0.05, 0.1) is 22.6 Å². The highest BCUT2D eigenvalue weighted by Crippen LogP contribution is 2.56. The largest absolute Gasteiger partial charge is 0.256 e. The molecule has 3 aromatic heterocycles. The van der Waals surface area contributed by atoms with Gasteiger partial charge in [-0.05, 0) is 109 Å². The normalized spacial score (nSPS) is 14.4. The number of benzene rings is 6. The molecule has 56 heavy (non-hydrogen) atoms. The van der Waals surface area contributed by atoms with Crippen LogP contribution in [0.2, 0.25) is 0 Å². The summed E-state index contributed by atoms with van der Waals surface area (Å²) in [6.07, 6.45) is 3.74. The molecule has 266 valence electrons. The maximum Gasteiger partial charge on any atom is 0.160 e. The lowest BCUT2D eigenvalue weighted by Gasteiger charge is -2.24. The molecule has 0 fully saturated rings. The van der Waals surface area contributed by atoms with Crippen LogP contribution in [0.25, 0.3) is 89.1 Å². The van der Waals surface area contributed by atoms with E-state index in [0.29, 0.717) is 5.82 Å². The third-order valence-electron chi connectivity index (χ3n) is 12.4. The molecule has 0 spiro atoms. The summed E-state index contributed by atoms with van der Waals surface area (Å²) in [6.45, 7) is 9.42. The summed E-state index contributed by atoms with van der Waals surface area (Å²) in [4.78, 5) is 20.3. The number of fused-ring (bicyclic) bond motifs is 8. The van der Waals surface area contributed by atoms with Crippen LogP contribution in [0.4, 0.5) is 0 Å². The Hall–Kier alpha value is -6.78. The summed E-state index contributed by atoms with van der Waals surface area (Å²) in [6, 6.07) is 52.3. The molecule has 4 nitrogen and oxygen atoms in total. The van der Waals surface area contributed by atoms with Gasteiger partial charge in [-0.1, -0.05) is 131 Å². The van der Waals surface area contributed by atoms with Crippen LogP contribution >= 0.6 is 0 Å². The van der Waals surface area contributed by atoms with Crippen molar-refractivity contribution in [3.05, 3.63) is 180 Å². The number of rotatable bonds is 4. The Kier molecular flexibility index (Phi) is 6.91. The van der Waals surface area contributed by atoms with E-state index in [1.54, 1.807) is 0 Å². The Morgan fingerprint density at radius 3 is 1.88 bits per heavy atom. The van der Waals surface area contributed by atoms with Gasteiger partial charge in [0.25, 0.3) is 0 Å². The molecule has 0 N–H and O–H groups in total.